The Morgan fingerprint density at radius 2 is 1.71 bits per heavy atom. The minimum absolute atomic E-state index is 0.0679. The van der Waals surface area contributed by atoms with Crippen LogP contribution in [0.5, 0.6) is 0 Å². The summed E-state index contributed by atoms with van der Waals surface area (Å²) in [5, 5.41) is 2.85. The summed E-state index contributed by atoms with van der Waals surface area (Å²) in [5.41, 5.74) is 1.83. The third kappa shape index (κ3) is 4.17. The lowest BCUT2D eigenvalue weighted by Crippen LogP contribution is -2.40. The van der Waals surface area contributed by atoms with Crippen LogP contribution in [-0.2, 0) is 21.2 Å². The first kappa shape index (κ1) is 19.9. The fourth-order valence-corrected chi connectivity index (χ4v) is 4.04. The van der Waals surface area contributed by atoms with Crippen LogP contribution < -0.4 is 14.9 Å². The van der Waals surface area contributed by atoms with E-state index in [1.807, 2.05) is 20.8 Å². The van der Waals surface area contributed by atoms with Gasteiger partial charge in [-0.2, -0.15) is 0 Å². The van der Waals surface area contributed by atoms with Gasteiger partial charge in [0.05, 0.1) is 11.3 Å². The molecule has 8 heteroatoms. The smallest absolute Gasteiger partial charge is 0.261 e. The number of rotatable bonds is 4. The van der Waals surface area contributed by atoms with Gasteiger partial charge in [-0.3, -0.25) is 14.3 Å². The topological polar surface area (TPSA) is 95.6 Å². The van der Waals surface area contributed by atoms with Gasteiger partial charge in [-0.1, -0.05) is 0 Å². The van der Waals surface area contributed by atoms with Crippen molar-refractivity contribution < 1.29 is 18.0 Å². The predicted molar refractivity (Wildman–Crippen MR) is 108 cm³/mol. The Morgan fingerprint density at radius 3 is 2.32 bits per heavy atom. The first-order chi connectivity index (χ1) is 13.0. The van der Waals surface area contributed by atoms with E-state index in [9.17, 15) is 18.0 Å². The van der Waals surface area contributed by atoms with Crippen LogP contribution in [0.1, 0.15) is 36.7 Å². The largest absolute Gasteiger partial charge is 0.347 e. The lowest BCUT2D eigenvalue weighted by Gasteiger charge is -2.20. The monoisotopic (exact) mass is 401 g/mol. The summed E-state index contributed by atoms with van der Waals surface area (Å²) in [4.78, 5) is 25.5. The number of anilines is 2. The average Bonchev–Trinajstić information content (AvgIpc) is 2.87. The van der Waals surface area contributed by atoms with Crippen molar-refractivity contribution in [2.24, 2.45) is 0 Å². The molecule has 3 rings (SSSR count). The first-order valence-electron chi connectivity index (χ1n) is 8.81. The second-order valence-corrected chi connectivity index (χ2v) is 9.49. The van der Waals surface area contributed by atoms with Gasteiger partial charge in [0, 0.05) is 29.5 Å². The highest BCUT2D eigenvalue weighted by atomic mass is 32.2. The molecule has 0 radical (unpaired) electrons. The van der Waals surface area contributed by atoms with Crippen molar-refractivity contribution in [3.63, 3.8) is 0 Å². The molecule has 2 aromatic rings. The molecule has 148 valence electrons. The van der Waals surface area contributed by atoms with E-state index in [-0.39, 0.29) is 28.7 Å². The summed E-state index contributed by atoms with van der Waals surface area (Å²) in [5.74, 6) is -0.295. The zero-order valence-corrected chi connectivity index (χ0v) is 17.1. The van der Waals surface area contributed by atoms with Crippen molar-refractivity contribution in [2.75, 3.05) is 16.7 Å². The molecule has 0 fully saturated rings. The molecule has 2 aromatic carbocycles. The lowest BCUT2D eigenvalue weighted by atomic mass is 10.1. The van der Waals surface area contributed by atoms with Crippen LogP contribution >= 0.6 is 0 Å². The molecule has 7 nitrogen and oxygen atoms in total. The predicted octanol–water partition coefficient (Wildman–Crippen LogP) is 2.53. The minimum atomic E-state index is -3.81. The number of amides is 2. The third-order valence-electron chi connectivity index (χ3n) is 4.33. The molecule has 1 aliphatic rings. The van der Waals surface area contributed by atoms with Crippen LogP contribution in [0.2, 0.25) is 0 Å². The number of benzene rings is 2. The molecule has 0 spiro atoms. The van der Waals surface area contributed by atoms with Crippen LogP contribution in [0, 0.1) is 0 Å². The molecule has 28 heavy (non-hydrogen) atoms. The van der Waals surface area contributed by atoms with Crippen molar-refractivity contribution in [3.05, 3.63) is 53.6 Å². The van der Waals surface area contributed by atoms with Crippen molar-refractivity contribution in [1.29, 1.82) is 0 Å². The Labute approximate surface area is 164 Å². The molecular formula is C20H23N3O4S. The molecule has 0 bridgehead atoms. The van der Waals surface area contributed by atoms with Crippen LogP contribution in [0.4, 0.5) is 11.4 Å². The number of nitrogens with one attached hydrogen (secondary N) is 2. The molecular weight excluding hydrogens is 378 g/mol. The van der Waals surface area contributed by atoms with E-state index in [2.05, 4.69) is 10.0 Å². The summed E-state index contributed by atoms with van der Waals surface area (Å²) in [6.07, 6.45) is 0.187. The molecule has 0 atom stereocenters. The lowest BCUT2D eigenvalue weighted by molar-refractivity contribution is -0.117. The Balaban J connectivity index is 1.77. The van der Waals surface area contributed by atoms with Crippen molar-refractivity contribution in [1.82, 2.24) is 5.32 Å². The van der Waals surface area contributed by atoms with E-state index >= 15 is 0 Å². The zero-order valence-electron chi connectivity index (χ0n) is 16.2. The zero-order chi connectivity index (χ0) is 20.7. The standard InChI is InChI=1S/C20H23N3O4S/c1-20(2,3)21-19(25)13-5-7-15(8-6-13)22-28(26,27)16-9-10-17-14(11-16)12-18(24)23(17)4/h5-11,22H,12H2,1-4H3,(H,21,25). The first-order valence-corrected chi connectivity index (χ1v) is 10.3. The minimum Gasteiger partial charge on any atom is -0.347 e. The molecule has 1 heterocycles. The van der Waals surface area contributed by atoms with E-state index in [4.69, 9.17) is 0 Å². The number of nitrogens with zero attached hydrogens (tertiary/aromatic N) is 1. The Morgan fingerprint density at radius 1 is 1.07 bits per heavy atom. The summed E-state index contributed by atoms with van der Waals surface area (Å²) >= 11 is 0. The Bertz CT molecular complexity index is 1040. The summed E-state index contributed by atoms with van der Waals surface area (Å²) in [7, 11) is -2.15. The average molecular weight is 401 g/mol. The van der Waals surface area contributed by atoms with Crippen LogP contribution in [-0.4, -0.2) is 32.8 Å². The van der Waals surface area contributed by atoms with Gasteiger partial charge in [-0.25, -0.2) is 8.42 Å². The summed E-state index contributed by atoms with van der Waals surface area (Å²) in [6.45, 7) is 5.65. The van der Waals surface area contributed by atoms with Crippen LogP contribution in [0.15, 0.2) is 47.4 Å². The van der Waals surface area contributed by atoms with Gasteiger partial charge < -0.3 is 10.2 Å². The van der Waals surface area contributed by atoms with Crippen molar-refractivity contribution >= 4 is 33.2 Å². The molecule has 0 aromatic heterocycles. The van der Waals surface area contributed by atoms with Gasteiger partial charge in [0.1, 0.15) is 0 Å². The fraction of sp³-hybridized carbons (Fsp3) is 0.300. The highest BCUT2D eigenvalue weighted by Gasteiger charge is 2.26. The van der Waals surface area contributed by atoms with E-state index < -0.39 is 10.0 Å². The second kappa shape index (κ2) is 6.94. The summed E-state index contributed by atoms with van der Waals surface area (Å²) in [6, 6.07) is 10.8. The highest BCUT2D eigenvalue weighted by molar-refractivity contribution is 7.92. The molecule has 0 unspecified atom stereocenters. The number of likely N-dealkylation sites (N-methyl/N-ethyl adjacent to an activating group) is 1. The number of carbonyl (C=O) groups is 2. The molecule has 0 saturated heterocycles. The quantitative estimate of drug-likeness (QED) is 0.823. The Hall–Kier alpha value is -2.87. The van der Waals surface area contributed by atoms with Crippen LogP contribution in [0.3, 0.4) is 0 Å². The number of sulfonamides is 1. The van der Waals surface area contributed by atoms with Crippen LogP contribution in [0.25, 0.3) is 0 Å². The molecule has 0 aliphatic carbocycles. The van der Waals surface area contributed by atoms with Crippen molar-refractivity contribution in [2.45, 2.75) is 37.6 Å². The maximum atomic E-state index is 12.7. The number of hydrogen-bond acceptors (Lipinski definition) is 4. The number of hydrogen-bond donors (Lipinski definition) is 2. The second-order valence-electron chi connectivity index (χ2n) is 7.81. The third-order valence-corrected chi connectivity index (χ3v) is 5.71. The fourth-order valence-electron chi connectivity index (χ4n) is 2.93. The molecule has 0 saturated carbocycles. The number of fused-ring (bicyclic) bond motifs is 1. The van der Waals surface area contributed by atoms with Crippen molar-refractivity contribution in [3.8, 4) is 0 Å². The summed E-state index contributed by atoms with van der Waals surface area (Å²) < 4.78 is 27.9. The SMILES string of the molecule is CN1C(=O)Cc2cc(S(=O)(=O)Nc3ccc(C(=O)NC(C)(C)C)cc3)ccc21. The van der Waals surface area contributed by atoms with E-state index in [0.29, 0.717) is 16.8 Å². The number of carbonyl (C=O) groups excluding carboxylic acids is 2. The van der Waals surface area contributed by atoms with Gasteiger partial charge >= 0.3 is 0 Å². The normalized spacial score (nSPS) is 14.0. The molecule has 1 aliphatic heterocycles. The van der Waals surface area contributed by atoms with E-state index in [1.54, 1.807) is 37.4 Å². The van der Waals surface area contributed by atoms with Gasteiger partial charge in [-0.05, 0) is 68.8 Å². The Kier molecular flexibility index (Phi) is 4.93. The molecule has 2 amide bonds. The van der Waals surface area contributed by atoms with Gasteiger partial charge in [0.2, 0.25) is 5.91 Å². The van der Waals surface area contributed by atoms with E-state index in [1.165, 1.54) is 17.0 Å². The van der Waals surface area contributed by atoms with Gasteiger partial charge in [0.25, 0.3) is 15.9 Å². The maximum Gasteiger partial charge on any atom is 0.261 e. The maximum absolute atomic E-state index is 12.7. The van der Waals surface area contributed by atoms with Gasteiger partial charge in [0.15, 0.2) is 0 Å². The highest BCUT2D eigenvalue weighted by Crippen LogP contribution is 2.30. The molecule has 2 N–H and O–H groups in total. The van der Waals surface area contributed by atoms with E-state index in [0.717, 1.165) is 5.69 Å². The van der Waals surface area contributed by atoms with Gasteiger partial charge in [-0.15, -0.1) is 0 Å².